The van der Waals surface area contributed by atoms with Crippen LogP contribution in [-0.2, 0) is 20.6 Å². The van der Waals surface area contributed by atoms with Crippen LogP contribution in [0.15, 0.2) is 36.9 Å². The monoisotopic (exact) mass is 430 g/mol. The number of amides is 1. The van der Waals surface area contributed by atoms with E-state index in [2.05, 4.69) is 76.1 Å². The molecule has 1 aromatic rings. The average molecular weight is 430 g/mol. The second kappa shape index (κ2) is 9.76. The Labute approximate surface area is 188 Å². The highest BCUT2D eigenvalue weighted by atomic mass is 16.7. The zero-order chi connectivity index (χ0) is 23.4. The molecule has 31 heavy (non-hydrogen) atoms. The lowest BCUT2D eigenvalue weighted by atomic mass is 9.79. The molecule has 1 saturated heterocycles. The molecular formula is C24H39BN2O4. The highest BCUT2D eigenvalue weighted by Crippen LogP contribution is 2.36. The molecule has 0 aliphatic carbocycles. The zero-order valence-electron chi connectivity index (χ0n) is 20.4. The molecule has 7 heteroatoms. The molecule has 1 aliphatic rings. The molecule has 1 amide bonds. The maximum Gasteiger partial charge on any atom is 0.494 e. The molecule has 0 spiro atoms. The lowest BCUT2D eigenvalue weighted by Gasteiger charge is -2.32. The smallest absolute Gasteiger partial charge is 0.444 e. The van der Waals surface area contributed by atoms with Gasteiger partial charge in [0.25, 0.3) is 0 Å². The first-order chi connectivity index (χ1) is 14.2. The van der Waals surface area contributed by atoms with Crippen LogP contribution < -0.4 is 16.1 Å². The van der Waals surface area contributed by atoms with Crippen LogP contribution in [-0.4, -0.2) is 42.1 Å². The standard InChI is InChI=1S/C24H39BN2O4/c1-10-20(27-21(28)29-22(3,4)5)15-17(2)26-16-18-11-13-19(14-12-18)25-30-23(6,7)24(8,9)31-25/h10-14,17,20,26H,1,15-16H2,2-9H3,(H,27,28). The molecule has 0 radical (unpaired) electrons. The van der Waals surface area contributed by atoms with Gasteiger partial charge in [-0.15, -0.1) is 6.58 Å². The van der Waals surface area contributed by atoms with Gasteiger partial charge in [0.1, 0.15) is 5.60 Å². The summed E-state index contributed by atoms with van der Waals surface area (Å²) in [4.78, 5) is 12.0. The Morgan fingerprint density at radius 2 is 1.71 bits per heavy atom. The van der Waals surface area contributed by atoms with Gasteiger partial charge in [0.15, 0.2) is 0 Å². The fraction of sp³-hybridized carbons (Fsp3) is 0.625. The molecule has 0 aromatic heterocycles. The molecule has 172 valence electrons. The number of ether oxygens (including phenoxy) is 1. The van der Waals surface area contributed by atoms with Gasteiger partial charge in [0.05, 0.1) is 17.2 Å². The van der Waals surface area contributed by atoms with Crippen LogP contribution in [0.4, 0.5) is 4.79 Å². The van der Waals surface area contributed by atoms with E-state index in [-0.39, 0.29) is 30.4 Å². The van der Waals surface area contributed by atoms with Gasteiger partial charge in [-0.05, 0) is 72.8 Å². The quantitative estimate of drug-likeness (QED) is 0.483. The molecule has 1 fully saturated rings. The molecule has 2 atom stereocenters. The highest BCUT2D eigenvalue weighted by molar-refractivity contribution is 6.62. The minimum absolute atomic E-state index is 0.164. The van der Waals surface area contributed by atoms with Crippen molar-refractivity contribution in [2.24, 2.45) is 0 Å². The number of carbonyl (C=O) groups is 1. The lowest BCUT2D eigenvalue weighted by molar-refractivity contribution is 0.00578. The third-order valence-corrected chi connectivity index (χ3v) is 5.75. The van der Waals surface area contributed by atoms with E-state index in [9.17, 15) is 4.79 Å². The molecule has 1 heterocycles. The maximum absolute atomic E-state index is 12.0. The van der Waals surface area contributed by atoms with Gasteiger partial charge in [0, 0.05) is 12.6 Å². The van der Waals surface area contributed by atoms with Crippen molar-refractivity contribution >= 4 is 18.7 Å². The molecule has 0 saturated carbocycles. The van der Waals surface area contributed by atoms with Gasteiger partial charge in [-0.25, -0.2) is 4.79 Å². The summed E-state index contributed by atoms with van der Waals surface area (Å²) in [5.41, 5.74) is 0.975. The molecule has 2 unspecified atom stereocenters. The number of hydrogen-bond acceptors (Lipinski definition) is 5. The van der Waals surface area contributed by atoms with Crippen molar-refractivity contribution in [3.05, 3.63) is 42.5 Å². The van der Waals surface area contributed by atoms with Gasteiger partial charge in [-0.1, -0.05) is 30.3 Å². The minimum Gasteiger partial charge on any atom is -0.444 e. The molecule has 6 nitrogen and oxygen atoms in total. The zero-order valence-corrected chi connectivity index (χ0v) is 20.4. The molecular weight excluding hydrogens is 391 g/mol. The van der Waals surface area contributed by atoms with Crippen molar-refractivity contribution in [3.63, 3.8) is 0 Å². The second-order valence-electron chi connectivity index (χ2n) is 10.3. The van der Waals surface area contributed by atoms with E-state index in [1.54, 1.807) is 6.08 Å². The van der Waals surface area contributed by atoms with E-state index >= 15 is 0 Å². The molecule has 2 N–H and O–H groups in total. The summed E-state index contributed by atoms with van der Waals surface area (Å²) in [7, 11) is -0.349. The largest absolute Gasteiger partial charge is 0.494 e. The van der Waals surface area contributed by atoms with Crippen LogP contribution in [0.3, 0.4) is 0 Å². The molecule has 0 bridgehead atoms. The van der Waals surface area contributed by atoms with Crippen molar-refractivity contribution in [3.8, 4) is 0 Å². The predicted octanol–water partition coefficient (Wildman–Crippen LogP) is 3.93. The number of hydrogen-bond donors (Lipinski definition) is 2. The van der Waals surface area contributed by atoms with Crippen LogP contribution in [0.2, 0.25) is 0 Å². The number of benzene rings is 1. The van der Waals surface area contributed by atoms with Crippen molar-refractivity contribution < 1.29 is 18.8 Å². The number of rotatable bonds is 8. The Balaban J connectivity index is 1.83. The summed E-state index contributed by atoms with van der Waals surface area (Å²) in [6, 6.07) is 8.30. The van der Waals surface area contributed by atoms with Crippen LogP contribution in [0.25, 0.3) is 0 Å². The predicted molar refractivity (Wildman–Crippen MR) is 126 cm³/mol. The van der Waals surface area contributed by atoms with Crippen LogP contribution >= 0.6 is 0 Å². The first kappa shape index (κ1) is 25.4. The number of alkyl carbamates (subject to hydrolysis) is 1. The molecule has 1 aromatic carbocycles. The van der Waals surface area contributed by atoms with Gasteiger partial charge in [-0.2, -0.15) is 0 Å². The highest BCUT2D eigenvalue weighted by Gasteiger charge is 2.51. The first-order valence-corrected chi connectivity index (χ1v) is 11.0. The first-order valence-electron chi connectivity index (χ1n) is 11.0. The van der Waals surface area contributed by atoms with E-state index in [1.807, 2.05) is 20.8 Å². The van der Waals surface area contributed by atoms with Crippen LogP contribution in [0.1, 0.15) is 67.4 Å². The fourth-order valence-corrected chi connectivity index (χ4v) is 3.20. The van der Waals surface area contributed by atoms with E-state index in [0.29, 0.717) is 0 Å². The normalized spacial score (nSPS) is 19.5. The van der Waals surface area contributed by atoms with Crippen molar-refractivity contribution in [1.82, 2.24) is 10.6 Å². The summed E-state index contributed by atoms with van der Waals surface area (Å²) in [5, 5.41) is 6.36. The fourth-order valence-electron chi connectivity index (χ4n) is 3.20. The summed E-state index contributed by atoms with van der Waals surface area (Å²) < 4.78 is 17.5. The molecule has 1 aliphatic heterocycles. The topological polar surface area (TPSA) is 68.8 Å². The Kier molecular flexibility index (Phi) is 8.01. The lowest BCUT2D eigenvalue weighted by Crippen LogP contribution is -2.41. The van der Waals surface area contributed by atoms with E-state index in [1.165, 1.54) is 5.56 Å². The van der Waals surface area contributed by atoms with Gasteiger partial charge in [0.2, 0.25) is 0 Å². The summed E-state index contributed by atoms with van der Waals surface area (Å²) in [6.07, 6.45) is 2.03. The number of carbonyl (C=O) groups excluding carboxylic acids is 1. The summed E-state index contributed by atoms with van der Waals surface area (Å²) in [5.74, 6) is 0. The second-order valence-corrected chi connectivity index (χ2v) is 10.3. The number of nitrogens with one attached hydrogen (secondary N) is 2. The van der Waals surface area contributed by atoms with Crippen molar-refractivity contribution in [2.45, 2.75) is 97.2 Å². The Hall–Kier alpha value is -1.83. The Bertz CT molecular complexity index is 740. The summed E-state index contributed by atoms with van der Waals surface area (Å²) in [6.45, 7) is 20.4. The van der Waals surface area contributed by atoms with Crippen molar-refractivity contribution in [1.29, 1.82) is 0 Å². The van der Waals surface area contributed by atoms with Crippen LogP contribution in [0.5, 0.6) is 0 Å². The minimum atomic E-state index is -0.522. The van der Waals surface area contributed by atoms with Crippen molar-refractivity contribution in [2.75, 3.05) is 0 Å². The van der Waals surface area contributed by atoms with E-state index in [0.717, 1.165) is 18.4 Å². The van der Waals surface area contributed by atoms with E-state index in [4.69, 9.17) is 14.0 Å². The summed E-state index contributed by atoms with van der Waals surface area (Å²) >= 11 is 0. The Morgan fingerprint density at radius 1 is 1.16 bits per heavy atom. The van der Waals surface area contributed by atoms with Gasteiger partial charge >= 0.3 is 13.2 Å². The third kappa shape index (κ3) is 7.37. The Morgan fingerprint density at radius 3 is 2.19 bits per heavy atom. The van der Waals surface area contributed by atoms with Crippen LogP contribution in [0, 0.1) is 0 Å². The van der Waals surface area contributed by atoms with E-state index < -0.39 is 11.7 Å². The third-order valence-electron chi connectivity index (χ3n) is 5.75. The average Bonchev–Trinajstić information content (AvgIpc) is 2.85. The SMILES string of the molecule is C=CC(CC(C)NCc1ccc(B2OC(C)(C)C(C)(C)O2)cc1)NC(=O)OC(C)(C)C. The molecule has 2 rings (SSSR count). The maximum atomic E-state index is 12.0. The van der Waals surface area contributed by atoms with Gasteiger partial charge < -0.3 is 24.7 Å². The van der Waals surface area contributed by atoms with Gasteiger partial charge in [-0.3, -0.25) is 0 Å².